The van der Waals surface area contributed by atoms with E-state index < -0.39 is 18.3 Å². The Bertz CT molecular complexity index is 984. The molecule has 0 spiro atoms. The summed E-state index contributed by atoms with van der Waals surface area (Å²) in [6.07, 6.45) is -2.66. The summed E-state index contributed by atoms with van der Waals surface area (Å²) in [6, 6.07) is 16.2. The number of carbonyl (C=O) groups excluding carboxylic acids is 1. The predicted octanol–water partition coefficient (Wildman–Crippen LogP) is 5.36. The molecular weight excluding hydrogens is 379 g/mol. The van der Waals surface area contributed by atoms with Crippen molar-refractivity contribution in [3.63, 3.8) is 0 Å². The number of halogens is 3. The van der Waals surface area contributed by atoms with Crippen LogP contribution in [0.15, 0.2) is 66.9 Å². The smallest absolute Gasteiger partial charge is 0.363 e. The minimum atomic E-state index is -4.46. The van der Waals surface area contributed by atoms with Gasteiger partial charge in [0.15, 0.2) is 11.8 Å². The number of rotatable bonds is 5. The van der Waals surface area contributed by atoms with Crippen molar-refractivity contribution in [2.45, 2.75) is 37.5 Å². The lowest BCUT2D eigenvalue weighted by Crippen LogP contribution is -2.36. The highest BCUT2D eigenvalue weighted by Gasteiger charge is 2.47. The minimum absolute atomic E-state index is 0.144. The monoisotopic (exact) mass is 399 g/mol. The highest BCUT2D eigenvalue weighted by atomic mass is 19.4. The van der Waals surface area contributed by atoms with Gasteiger partial charge in [-0.25, -0.2) is 4.68 Å². The number of Topliss-reactive ketones (excluding diaryl/α,β-unsaturated/α-hetero) is 1. The third kappa shape index (κ3) is 4.04. The SMILES string of the molecule is O=C(CCc1ccccc1)c1cnn2c1NC(c1ccccc1)CC2C(F)(F)F. The molecule has 1 aromatic heterocycles. The number of carbonyl (C=O) groups is 1. The Balaban J connectivity index is 1.62. The molecule has 0 saturated heterocycles. The first-order valence-electron chi connectivity index (χ1n) is 9.46. The number of nitrogens with zero attached hydrogens (tertiary/aromatic N) is 2. The maximum absolute atomic E-state index is 13.7. The van der Waals surface area contributed by atoms with E-state index in [1.54, 1.807) is 24.3 Å². The Morgan fingerprint density at radius 2 is 1.72 bits per heavy atom. The molecule has 0 saturated carbocycles. The fourth-order valence-corrected chi connectivity index (χ4v) is 3.71. The van der Waals surface area contributed by atoms with Crippen LogP contribution in [-0.2, 0) is 6.42 Å². The third-order valence-corrected chi connectivity index (χ3v) is 5.22. The van der Waals surface area contributed by atoms with Crippen LogP contribution in [0.3, 0.4) is 0 Å². The summed E-state index contributed by atoms with van der Waals surface area (Å²) in [5.41, 5.74) is 1.96. The van der Waals surface area contributed by atoms with Crippen molar-refractivity contribution >= 4 is 11.6 Å². The average Bonchev–Trinajstić information content (AvgIpc) is 3.16. The van der Waals surface area contributed by atoms with Gasteiger partial charge in [0.25, 0.3) is 0 Å². The van der Waals surface area contributed by atoms with E-state index in [1.807, 2.05) is 36.4 Å². The van der Waals surface area contributed by atoms with Crippen molar-refractivity contribution in [1.82, 2.24) is 9.78 Å². The van der Waals surface area contributed by atoms with Crippen LogP contribution >= 0.6 is 0 Å². The number of fused-ring (bicyclic) bond motifs is 1. The molecule has 4 nitrogen and oxygen atoms in total. The molecule has 0 aliphatic carbocycles. The highest BCUT2D eigenvalue weighted by molar-refractivity contribution is 6.00. The van der Waals surface area contributed by atoms with Crippen molar-refractivity contribution < 1.29 is 18.0 Å². The van der Waals surface area contributed by atoms with Gasteiger partial charge in [0, 0.05) is 12.8 Å². The average molecular weight is 399 g/mol. The Labute approximate surface area is 166 Å². The molecule has 0 bridgehead atoms. The van der Waals surface area contributed by atoms with Crippen LogP contribution in [-0.4, -0.2) is 21.7 Å². The van der Waals surface area contributed by atoms with Gasteiger partial charge in [0.2, 0.25) is 0 Å². The summed E-state index contributed by atoms with van der Waals surface area (Å²) >= 11 is 0. The summed E-state index contributed by atoms with van der Waals surface area (Å²) < 4.78 is 42.1. The van der Waals surface area contributed by atoms with Gasteiger partial charge in [-0.3, -0.25) is 4.79 Å². The fraction of sp³-hybridized carbons (Fsp3) is 0.273. The summed E-state index contributed by atoms with van der Waals surface area (Å²) in [4.78, 5) is 12.8. The second-order valence-electron chi connectivity index (χ2n) is 7.16. The zero-order valence-electron chi connectivity index (χ0n) is 15.6. The van der Waals surface area contributed by atoms with Crippen molar-refractivity contribution in [2.24, 2.45) is 0 Å². The van der Waals surface area contributed by atoms with E-state index in [4.69, 9.17) is 0 Å². The van der Waals surface area contributed by atoms with Gasteiger partial charge in [-0.1, -0.05) is 60.7 Å². The second kappa shape index (κ2) is 7.73. The zero-order chi connectivity index (χ0) is 20.4. The predicted molar refractivity (Wildman–Crippen MR) is 104 cm³/mol. The van der Waals surface area contributed by atoms with Crippen LogP contribution in [0.1, 0.15) is 46.4 Å². The van der Waals surface area contributed by atoms with Crippen LogP contribution in [0, 0.1) is 0 Å². The molecule has 2 atom stereocenters. The maximum atomic E-state index is 13.7. The van der Waals surface area contributed by atoms with E-state index in [-0.39, 0.29) is 30.0 Å². The number of nitrogens with one attached hydrogen (secondary N) is 1. The molecule has 3 aromatic rings. The van der Waals surface area contributed by atoms with E-state index in [0.717, 1.165) is 15.8 Å². The molecule has 4 rings (SSSR count). The summed E-state index contributed by atoms with van der Waals surface area (Å²) in [6.45, 7) is 0. The summed E-state index contributed by atoms with van der Waals surface area (Å²) in [5, 5.41) is 7.04. The molecule has 1 N–H and O–H groups in total. The van der Waals surface area contributed by atoms with E-state index in [9.17, 15) is 18.0 Å². The van der Waals surface area contributed by atoms with E-state index in [1.165, 1.54) is 6.20 Å². The molecule has 2 aromatic carbocycles. The number of benzene rings is 2. The van der Waals surface area contributed by atoms with Gasteiger partial charge in [-0.05, 0) is 17.5 Å². The van der Waals surface area contributed by atoms with Crippen molar-refractivity contribution in [3.8, 4) is 0 Å². The van der Waals surface area contributed by atoms with Gasteiger partial charge in [0.05, 0.1) is 17.8 Å². The number of hydrogen-bond donors (Lipinski definition) is 1. The lowest BCUT2D eigenvalue weighted by molar-refractivity contribution is -0.173. The van der Waals surface area contributed by atoms with Crippen LogP contribution in [0.25, 0.3) is 0 Å². The Kier molecular flexibility index (Phi) is 5.13. The molecule has 0 radical (unpaired) electrons. The number of aryl methyl sites for hydroxylation is 1. The lowest BCUT2D eigenvalue weighted by atomic mass is 9.96. The van der Waals surface area contributed by atoms with Crippen LogP contribution in [0.5, 0.6) is 0 Å². The van der Waals surface area contributed by atoms with E-state index in [2.05, 4.69) is 10.4 Å². The molecule has 29 heavy (non-hydrogen) atoms. The number of anilines is 1. The molecule has 150 valence electrons. The van der Waals surface area contributed by atoms with Gasteiger partial charge >= 0.3 is 6.18 Å². The van der Waals surface area contributed by atoms with Crippen LogP contribution < -0.4 is 5.32 Å². The minimum Gasteiger partial charge on any atom is -0.363 e. The quantitative estimate of drug-likeness (QED) is 0.588. The third-order valence-electron chi connectivity index (χ3n) is 5.22. The second-order valence-corrected chi connectivity index (χ2v) is 7.16. The van der Waals surface area contributed by atoms with Gasteiger partial charge in [-0.2, -0.15) is 18.3 Å². The van der Waals surface area contributed by atoms with Crippen LogP contribution in [0.4, 0.5) is 19.0 Å². The summed E-state index contributed by atoms with van der Waals surface area (Å²) in [5.74, 6) is -0.0808. The van der Waals surface area contributed by atoms with E-state index >= 15 is 0 Å². The Morgan fingerprint density at radius 3 is 2.38 bits per heavy atom. The molecule has 1 aliphatic rings. The molecular formula is C22H20F3N3O. The highest BCUT2D eigenvalue weighted by Crippen LogP contribution is 2.44. The van der Waals surface area contributed by atoms with Gasteiger partial charge in [0.1, 0.15) is 5.82 Å². The van der Waals surface area contributed by atoms with Crippen molar-refractivity contribution in [2.75, 3.05) is 5.32 Å². The fourth-order valence-electron chi connectivity index (χ4n) is 3.71. The Morgan fingerprint density at radius 1 is 1.07 bits per heavy atom. The lowest BCUT2D eigenvalue weighted by Gasteiger charge is -2.34. The first-order chi connectivity index (χ1) is 13.9. The molecule has 7 heteroatoms. The van der Waals surface area contributed by atoms with Gasteiger partial charge in [-0.15, -0.1) is 0 Å². The van der Waals surface area contributed by atoms with Crippen molar-refractivity contribution in [1.29, 1.82) is 0 Å². The zero-order valence-corrected chi connectivity index (χ0v) is 15.6. The number of hydrogen-bond acceptors (Lipinski definition) is 3. The molecule has 0 amide bonds. The number of alkyl halides is 3. The molecule has 1 aliphatic heterocycles. The standard InChI is InChI=1S/C22H20F3N3O/c23-22(24,25)20-13-18(16-9-5-2-6-10-16)27-21-17(14-26-28(20)21)19(29)12-11-15-7-3-1-4-8-15/h1-10,14,18,20,27H,11-13H2. The molecule has 2 heterocycles. The first-order valence-corrected chi connectivity index (χ1v) is 9.46. The Hall–Kier alpha value is -3.09. The topological polar surface area (TPSA) is 46.9 Å². The first kappa shape index (κ1) is 19.2. The van der Waals surface area contributed by atoms with Gasteiger partial charge < -0.3 is 5.32 Å². The molecule has 0 fully saturated rings. The summed E-state index contributed by atoms with van der Waals surface area (Å²) in [7, 11) is 0. The molecule has 2 unspecified atom stereocenters. The van der Waals surface area contributed by atoms with Crippen LogP contribution in [0.2, 0.25) is 0 Å². The van der Waals surface area contributed by atoms with Crippen molar-refractivity contribution in [3.05, 3.63) is 83.6 Å². The van der Waals surface area contributed by atoms with E-state index in [0.29, 0.717) is 6.42 Å². The maximum Gasteiger partial charge on any atom is 0.410 e. The number of aromatic nitrogens is 2. The largest absolute Gasteiger partial charge is 0.410 e. The number of ketones is 1. The normalized spacial score (nSPS) is 18.7.